The monoisotopic (exact) mass is 392 g/mol. The molecular weight excluding hydrogens is 379 g/mol. The Morgan fingerprint density at radius 1 is 1.35 bits per heavy atom. The van der Waals surface area contributed by atoms with Crippen LogP contribution in [0.5, 0.6) is 11.5 Å². The van der Waals surface area contributed by atoms with Gasteiger partial charge >= 0.3 is 0 Å². The molecule has 0 atom stereocenters. The van der Waals surface area contributed by atoms with Gasteiger partial charge in [0.05, 0.1) is 22.2 Å². The van der Waals surface area contributed by atoms with Crippen LogP contribution >= 0.6 is 23.4 Å². The zero-order valence-corrected chi connectivity index (χ0v) is 15.2. The lowest BCUT2D eigenvalue weighted by Gasteiger charge is -2.06. The number of aromatic hydroxyl groups is 1. The Morgan fingerprint density at radius 3 is 2.88 bits per heavy atom. The number of carbonyl (C=O) groups excluding carboxylic acids is 1. The van der Waals surface area contributed by atoms with Crippen LogP contribution in [0, 0.1) is 5.82 Å². The van der Waals surface area contributed by atoms with E-state index >= 15 is 0 Å². The largest absolute Gasteiger partial charge is 0.504 e. The van der Waals surface area contributed by atoms with Crippen LogP contribution in [0.3, 0.4) is 0 Å². The number of halogens is 2. The Balaban J connectivity index is 1.83. The van der Waals surface area contributed by atoms with Crippen molar-refractivity contribution in [1.82, 2.24) is 5.32 Å². The summed E-state index contributed by atoms with van der Waals surface area (Å²) in [4.78, 5) is 16.8. The number of carbonyl (C=O) groups is 1. The molecular formula is C18H14ClFN2O3S. The van der Waals surface area contributed by atoms with E-state index in [1.54, 1.807) is 18.2 Å². The third-order valence-electron chi connectivity index (χ3n) is 3.37. The summed E-state index contributed by atoms with van der Waals surface area (Å²) in [5.41, 5.74) is 1.14. The predicted molar refractivity (Wildman–Crippen MR) is 101 cm³/mol. The second-order valence-corrected chi connectivity index (χ2v) is 6.68. The first-order valence-electron chi connectivity index (χ1n) is 7.66. The van der Waals surface area contributed by atoms with Crippen LogP contribution in [0.15, 0.2) is 46.3 Å². The molecule has 26 heavy (non-hydrogen) atoms. The van der Waals surface area contributed by atoms with E-state index in [1.807, 2.05) is 6.92 Å². The van der Waals surface area contributed by atoms with Crippen molar-refractivity contribution in [3.63, 3.8) is 0 Å². The smallest absolute Gasteiger partial charge is 0.264 e. The lowest BCUT2D eigenvalue weighted by molar-refractivity contribution is -0.115. The number of thioether (sulfide) groups is 1. The van der Waals surface area contributed by atoms with Crippen molar-refractivity contribution in [3.8, 4) is 11.5 Å². The summed E-state index contributed by atoms with van der Waals surface area (Å²) >= 11 is 6.89. The van der Waals surface area contributed by atoms with Gasteiger partial charge in [0.15, 0.2) is 16.7 Å². The van der Waals surface area contributed by atoms with Crippen LogP contribution < -0.4 is 10.1 Å². The van der Waals surface area contributed by atoms with Crippen LogP contribution in [0.4, 0.5) is 10.1 Å². The third-order valence-corrected chi connectivity index (χ3v) is 4.57. The summed E-state index contributed by atoms with van der Waals surface area (Å²) in [6, 6.07) is 8.89. The highest BCUT2D eigenvalue weighted by Gasteiger charge is 2.24. The van der Waals surface area contributed by atoms with Gasteiger partial charge in [-0.1, -0.05) is 17.7 Å². The number of ether oxygens (including phenoxy) is 1. The van der Waals surface area contributed by atoms with Crippen molar-refractivity contribution >= 4 is 46.2 Å². The van der Waals surface area contributed by atoms with E-state index in [0.717, 1.165) is 11.8 Å². The van der Waals surface area contributed by atoms with E-state index in [9.17, 15) is 14.3 Å². The molecule has 8 heteroatoms. The fourth-order valence-electron chi connectivity index (χ4n) is 2.20. The molecule has 0 spiro atoms. The number of rotatable bonds is 4. The predicted octanol–water partition coefficient (Wildman–Crippen LogP) is 4.48. The third kappa shape index (κ3) is 4.17. The molecule has 1 saturated heterocycles. The van der Waals surface area contributed by atoms with Crippen molar-refractivity contribution in [3.05, 3.63) is 57.7 Å². The molecule has 1 amide bonds. The maximum Gasteiger partial charge on any atom is 0.264 e. The summed E-state index contributed by atoms with van der Waals surface area (Å²) < 4.78 is 18.5. The summed E-state index contributed by atoms with van der Waals surface area (Å²) in [6.45, 7) is 2.23. The molecule has 1 fully saturated rings. The number of amidine groups is 1. The number of phenolic OH excluding ortho intramolecular Hbond substituents is 1. The maximum atomic E-state index is 13.2. The zero-order valence-electron chi connectivity index (χ0n) is 13.6. The standard InChI is InChI=1S/C18H14ClFN2O3S/c1-2-25-15-7-10(3-6-14(15)23)8-16-17(24)22-18(26-16)21-11-4-5-13(20)12(19)9-11/h3-9,23H,2H2,1H3,(H,21,22,24)/b16-8-. The molecule has 1 aliphatic rings. The SMILES string of the molecule is CCOc1cc(/C=C2\SC(=Nc3ccc(F)c(Cl)c3)NC2=O)ccc1O. The van der Waals surface area contributed by atoms with Crippen molar-refractivity contribution < 1.29 is 19.0 Å². The van der Waals surface area contributed by atoms with Gasteiger partial charge in [0.25, 0.3) is 5.91 Å². The molecule has 2 N–H and O–H groups in total. The van der Waals surface area contributed by atoms with Gasteiger partial charge in [0.2, 0.25) is 0 Å². The highest BCUT2D eigenvalue weighted by molar-refractivity contribution is 8.18. The first-order chi connectivity index (χ1) is 12.5. The molecule has 134 valence electrons. The zero-order chi connectivity index (χ0) is 18.7. The first kappa shape index (κ1) is 18.3. The van der Waals surface area contributed by atoms with Gasteiger partial charge in [-0.3, -0.25) is 4.79 Å². The quantitative estimate of drug-likeness (QED) is 0.753. The minimum absolute atomic E-state index is 0.0352. The van der Waals surface area contributed by atoms with E-state index < -0.39 is 5.82 Å². The van der Waals surface area contributed by atoms with Gasteiger partial charge in [-0.25, -0.2) is 9.38 Å². The maximum absolute atomic E-state index is 13.2. The number of aliphatic imine (C=N–C) groups is 1. The lowest BCUT2D eigenvalue weighted by atomic mass is 10.2. The van der Waals surface area contributed by atoms with E-state index in [2.05, 4.69) is 10.3 Å². The summed E-state index contributed by atoms with van der Waals surface area (Å²) in [7, 11) is 0. The van der Waals surface area contributed by atoms with Gasteiger partial charge < -0.3 is 15.2 Å². The second kappa shape index (κ2) is 7.80. The Morgan fingerprint density at radius 2 is 2.15 bits per heavy atom. The average molecular weight is 393 g/mol. The molecule has 0 aromatic heterocycles. The van der Waals surface area contributed by atoms with Gasteiger partial charge in [-0.15, -0.1) is 0 Å². The summed E-state index contributed by atoms with van der Waals surface area (Å²) in [5, 5.41) is 12.7. The summed E-state index contributed by atoms with van der Waals surface area (Å²) in [5.74, 6) is -0.446. The first-order valence-corrected chi connectivity index (χ1v) is 8.86. The molecule has 2 aromatic carbocycles. The Labute approximate surface area is 158 Å². The number of hydrogen-bond donors (Lipinski definition) is 2. The molecule has 1 heterocycles. The molecule has 0 saturated carbocycles. The van der Waals surface area contributed by atoms with Crippen LogP contribution in [0.1, 0.15) is 12.5 Å². The van der Waals surface area contributed by atoms with Crippen molar-refractivity contribution in [1.29, 1.82) is 0 Å². The van der Waals surface area contributed by atoms with Crippen molar-refractivity contribution in [2.24, 2.45) is 4.99 Å². The van der Waals surface area contributed by atoms with E-state index in [0.29, 0.717) is 33.7 Å². The Bertz CT molecular complexity index is 931. The van der Waals surface area contributed by atoms with Crippen molar-refractivity contribution in [2.75, 3.05) is 6.61 Å². The topological polar surface area (TPSA) is 70.9 Å². The van der Waals surface area contributed by atoms with Crippen molar-refractivity contribution in [2.45, 2.75) is 6.92 Å². The van der Waals surface area contributed by atoms with Crippen LogP contribution in [-0.4, -0.2) is 22.8 Å². The molecule has 0 aliphatic carbocycles. The van der Waals surface area contributed by atoms with Gasteiger partial charge in [0, 0.05) is 0 Å². The average Bonchev–Trinajstić information content (AvgIpc) is 2.93. The molecule has 1 aliphatic heterocycles. The van der Waals surface area contributed by atoms with Crippen LogP contribution in [0.2, 0.25) is 5.02 Å². The van der Waals surface area contributed by atoms with Gasteiger partial charge in [0.1, 0.15) is 5.82 Å². The molecule has 0 radical (unpaired) electrons. The number of nitrogens with one attached hydrogen (secondary N) is 1. The van der Waals surface area contributed by atoms with E-state index in [1.165, 1.54) is 24.3 Å². The molecule has 3 rings (SSSR count). The summed E-state index contributed by atoms with van der Waals surface area (Å²) in [6.07, 6.45) is 1.67. The van der Waals surface area contributed by atoms with Gasteiger partial charge in [-0.05, 0) is 60.7 Å². The Hall–Kier alpha value is -2.51. The number of hydrogen-bond acceptors (Lipinski definition) is 5. The highest BCUT2D eigenvalue weighted by Crippen LogP contribution is 2.32. The normalized spacial score (nSPS) is 17.0. The number of phenols is 1. The Kier molecular flexibility index (Phi) is 5.49. The molecule has 0 bridgehead atoms. The highest BCUT2D eigenvalue weighted by atomic mass is 35.5. The minimum atomic E-state index is -0.531. The lowest BCUT2D eigenvalue weighted by Crippen LogP contribution is -2.19. The second-order valence-electron chi connectivity index (χ2n) is 5.24. The van der Waals surface area contributed by atoms with Crippen LogP contribution in [0.25, 0.3) is 6.08 Å². The van der Waals surface area contributed by atoms with E-state index in [4.69, 9.17) is 16.3 Å². The number of nitrogens with zero attached hydrogens (tertiary/aromatic N) is 1. The number of amides is 1. The molecule has 5 nitrogen and oxygen atoms in total. The number of benzene rings is 2. The minimum Gasteiger partial charge on any atom is -0.504 e. The fourth-order valence-corrected chi connectivity index (χ4v) is 3.21. The fraction of sp³-hybridized carbons (Fsp3) is 0.111. The van der Waals surface area contributed by atoms with Crippen LogP contribution in [-0.2, 0) is 4.79 Å². The van der Waals surface area contributed by atoms with E-state index in [-0.39, 0.29) is 16.7 Å². The molecule has 2 aromatic rings. The molecule has 0 unspecified atom stereocenters. The van der Waals surface area contributed by atoms with Gasteiger partial charge in [-0.2, -0.15) is 0 Å².